The fraction of sp³-hybridized carbons (Fsp3) is 0.320. The van der Waals surface area contributed by atoms with Gasteiger partial charge in [0.15, 0.2) is 17.1 Å². The summed E-state index contributed by atoms with van der Waals surface area (Å²) < 4.78 is 46.8. The molecule has 1 heterocycles. The molecule has 0 spiro atoms. The van der Waals surface area contributed by atoms with Crippen molar-refractivity contribution < 1.29 is 22.7 Å². The Kier molecular flexibility index (Phi) is 9.08. The molecule has 3 rings (SSSR count). The molecule has 6 nitrogen and oxygen atoms in total. The van der Waals surface area contributed by atoms with Crippen LogP contribution in [0.15, 0.2) is 60.3 Å². The fourth-order valence-corrected chi connectivity index (χ4v) is 4.23. The largest absolute Gasteiger partial charge is 0.483 e. The first-order valence-corrected chi connectivity index (χ1v) is 12.5. The number of thioether (sulfide) groups is 1. The van der Waals surface area contributed by atoms with Crippen LogP contribution in [0, 0.1) is 0 Å². The third-order valence-corrected chi connectivity index (χ3v) is 6.48. The van der Waals surface area contributed by atoms with E-state index < -0.39 is 23.8 Å². The molecule has 1 atom stereocenters. The van der Waals surface area contributed by atoms with Crippen LogP contribution in [0.1, 0.15) is 49.7 Å². The number of hydrogen-bond donors (Lipinski definition) is 1. The second kappa shape index (κ2) is 11.8. The van der Waals surface area contributed by atoms with Gasteiger partial charge < -0.3 is 10.1 Å². The molecule has 0 bridgehead atoms. The molecule has 1 N–H and O–H groups in total. The lowest BCUT2D eigenvalue weighted by molar-refractivity contribution is -0.137. The highest BCUT2D eigenvalue weighted by Gasteiger charge is 2.31. The van der Waals surface area contributed by atoms with Gasteiger partial charge in [-0.25, -0.2) is 0 Å². The summed E-state index contributed by atoms with van der Waals surface area (Å²) in [6, 6.07) is 10.6. The molecule has 0 aliphatic heterocycles. The summed E-state index contributed by atoms with van der Waals surface area (Å²) in [5, 5.41) is 11.3. The monoisotopic (exact) mass is 538 g/mol. The Morgan fingerprint density at radius 2 is 1.89 bits per heavy atom. The normalized spacial score (nSPS) is 12.4. The van der Waals surface area contributed by atoms with Gasteiger partial charge in [-0.1, -0.05) is 55.4 Å². The van der Waals surface area contributed by atoms with E-state index in [1.807, 2.05) is 31.2 Å². The first kappa shape index (κ1) is 27.6. The number of nitrogens with one attached hydrogen (secondary N) is 1. The second-order valence-electron chi connectivity index (χ2n) is 8.25. The molecule has 3 aromatic rings. The highest BCUT2D eigenvalue weighted by molar-refractivity contribution is 7.99. The third kappa shape index (κ3) is 7.04. The Balaban J connectivity index is 1.68. The molecule has 2 aromatic carbocycles. The number of alkyl halides is 3. The molecular formula is C25H26ClF3N4O2S. The zero-order valence-corrected chi connectivity index (χ0v) is 21.5. The van der Waals surface area contributed by atoms with E-state index in [1.54, 1.807) is 10.6 Å². The Hall–Kier alpha value is -2.98. The quantitative estimate of drug-likeness (QED) is 0.220. The Morgan fingerprint density at radius 3 is 2.50 bits per heavy atom. The van der Waals surface area contributed by atoms with Crippen LogP contribution < -0.4 is 10.1 Å². The van der Waals surface area contributed by atoms with E-state index in [9.17, 15) is 18.0 Å². The molecule has 1 amide bonds. The number of ether oxygens (including phenoxy) is 1. The summed E-state index contributed by atoms with van der Waals surface area (Å²) in [5.41, 5.74) is 0.183. The van der Waals surface area contributed by atoms with Crippen molar-refractivity contribution in [1.82, 2.24) is 14.8 Å². The van der Waals surface area contributed by atoms with Gasteiger partial charge in [-0.15, -0.1) is 16.8 Å². The Labute approximate surface area is 216 Å². The van der Waals surface area contributed by atoms with Crippen molar-refractivity contribution in [3.63, 3.8) is 0 Å². The standard InChI is InChI=1S/C25H26ClF3N4O2S/c1-5-12-33-23(16(4)35-19-9-6-17(7-10-19)15(2)3)31-32-24(33)36-14-22(34)30-21-13-18(25(27,28)29)8-11-20(21)26/h5-11,13,15-16H,1,12,14H2,2-4H3,(H,30,34). The average molecular weight is 539 g/mol. The van der Waals surface area contributed by atoms with Crippen LogP contribution in [0.4, 0.5) is 18.9 Å². The highest BCUT2D eigenvalue weighted by atomic mass is 35.5. The van der Waals surface area contributed by atoms with Gasteiger partial charge in [-0.3, -0.25) is 9.36 Å². The van der Waals surface area contributed by atoms with E-state index in [1.165, 1.54) is 5.56 Å². The lowest BCUT2D eigenvalue weighted by Crippen LogP contribution is -2.16. The molecule has 1 unspecified atom stereocenters. The SMILES string of the molecule is C=CCn1c(SCC(=O)Nc2cc(C(F)(F)F)ccc2Cl)nnc1C(C)Oc1ccc(C(C)C)cc1. The Bertz CT molecular complexity index is 1210. The number of nitrogens with zero attached hydrogens (tertiary/aromatic N) is 3. The van der Waals surface area contributed by atoms with E-state index in [4.69, 9.17) is 16.3 Å². The number of amides is 1. The lowest BCUT2D eigenvalue weighted by Gasteiger charge is -2.16. The Morgan fingerprint density at radius 1 is 1.19 bits per heavy atom. The molecule has 0 aliphatic rings. The van der Waals surface area contributed by atoms with Crippen molar-refractivity contribution in [3.05, 3.63) is 77.1 Å². The van der Waals surface area contributed by atoms with E-state index in [-0.39, 0.29) is 16.5 Å². The minimum atomic E-state index is -4.55. The molecule has 192 valence electrons. The van der Waals surface area contributed by atoms with Crippen LogP contribution in [-0.4, -0.2) is 26.4 Å². The van der Waals surface area contributed by atoms with Crippen LogP contribution in [0.2, 0.25) is 5.02 Å². The van der Waals surface area contributed by atoms with Crippen molar-refractivity contribution in [3.8, 4) is 5.75 Å². The first-order chi connectivity index (χ1) is 17.0. The summed E-state index contributed by atoms with van der Waals surface area (Å²) in [5.74, 6) is 0.991. The predicted molar refractivity (Wildman–Crippen MR) is 136 cm³/mol. The number of allylic oxidation sites excluding steroid dienone is 1. The van der Waals surface area contributed by atoms with Gasteiger partial charge in [0, 0.05) is 6.54 Å². The topological polar surface area (TPSA) is 69.0 Å². The van der Waals surface area contributed by atoms with E-state index >= 15 is 0 Å². The number of benzene rings is 2. The van der Waals surface area contributed by atoms with E-state index in [0.717, 1.165) is 30.0 Å². The number of carbonyl (C=O) groups excluding carboxylic acids is 1. The number of halogens is 4. The van der Waals surface area contributed by atoms with Gasteiger partial charge in [-0.2, -0.15) is 13.2 Å². The maximum absolute atomic E-state index is 13.0. The predicted octanol–water partition coefficient (Wildman–Crippen LogP) is 7.13. The van der Waals surface area contributed by atoms with Gasteiger partial charge in [0.25, 0.3) is 0 Å². The summed E-state index contributed by atoms with van der Waals surface area (Å²) in [6.45, 7) is 10.2. The van der Waals surface area contributed by atoms with Gasteiger partial charge in [0.2, 0.25) is 5.91 Å². The molecule has 36 heavy (non-hydrogen) atoms. The van der Waals surface area contributed by atoms with Crippen LogP contribution in [0.3, 0.4) is 0 Å². The van der Waals surface area contributed by atoms with E-state index in [2.05, 4.69) is 35.9 Å². The first-order valence-electron chi connectivity index (χ1n) is 11.1. The zero-order valence-electron chi connectivity index (χ0n) is 20.0. The number of aromatic nitrogens is 3. The molecule has 1 aromatic heterocycles. The molecular weight excluding hydrogens is 513 g/mol. The summed E-state index contributed by atoms with van der Waals surface area (Å²) in [7, 11) is 0. The summed E-state index contributed by atoms with van der Waals surface area (Å²) in [4.78, 5) is 12.5. The molecule has 0 aliphatic carbocycles. The van der Waals surface area contributed by atoms with Gasteiger partial charge in [-0.05, 0) is 48.7 Å². The minimum absolute atomic E-state index is 0.00543. The van der Waals surface area contributed by atoms with Crippen molar-refractivity contribution in [2.24, 2.45) is 0 Å². The zero-order chi connectivity index (χ0) is 26.5. The number of rotatable bonds is 10. The van der Waals surface area contributed by atoms with Gasteiger partial charge in [0.05, 0.1) is 22.0 Å². The minimum Gasteiger partial charge on any atom is -0.483 e. The van der Waals surface area contributed by atoms with Gasteiger partial charge >= 0.3 is 6.18 Å². The van der Waals surface area contributed by atoms with Crippen LogP contribution >= 0.6 is 23.4 Å². The smallest absolute Gasteiger partial charge is 0.416 e. The molecule has 11 heteroatoms. The molecule has 0 fully saturated rings. The number of carbonyl (C=O) groups is 1. The highest BCUT2D eigenvalue weighted by Crippen LogP contribution is 2.34. The van der Waals surface area contributed by atoms with Crippen molar-refractivity contribution >= 4 is 35.0 Å². The van der Waals surface area contributed by atoms with Crippen molar-refractivity contribution in [2.75, 3.05) is 11.1 Å². The third-order valence-electron chi connectivity index (χ3n) is 5.18. The van der Waals surface area contributed by atoms with Crippen LogP contribution in [0.5, 0.6) is 5.75 Å². The van der Waals surface area contributed by atoms with E-state index in [0.29, 0.717) is 29.2 Å². The maximum Gasteiger partial charge on any atom is 0.416 e. The maximum atomic E-state index is 13.0. The fourth-order valence-electron chi connectivity index (χ4n) is 3.31. The average Bonchev–Trinajstić information content (AvgIpc) is 3.21. The van der Waals surface area contributed by atoms with Crippen molar-refractivity contribution in [2.45, 2.75) is 50.7 Å². The number of anilines is 1. The van der Waals surface area contributed by atoms with Crippen LogP contribution in [-0.2, 0) is 17.5 Å². The molecule has 0 saturated heterocycles. The van der Waals surface area contributed by atoms with Crippen molar-refractivity contribution in [1.29, 1.82) is 0 Å². The second-order valence-corrected chi connectivity index (χ2v) is 9.60. The molecule has 0 saturated carbocycles. The number of hydrogen-bond acceptors (Lipinski definition) is 5. The summed E-state index contributed by atoms with van der Waals surface area (Å²) in [6.07, 6.45) is -3.32. The van der Waals surface area contributed by atoms with Gasteiger partial charge in [0.1, 0.15) is 5.75 Å². The summed E-state index contributed by atoms with van der Waals surface area (Å²) >= 11 is 7.05. The lowest BCUT2D eigenvalue weighted by atomic mass is 10.0. The van der Waals surface area contributed by atoms with Crippen LogP contribution in [0.25, 0.3) is 0 Å². The molecule has 0 radical (unpaired) electrons.